The van der Waals surface area contributed by atoms with Crippen molar-refractivity contribution in [1.82, 2.24) is 16.0 Å². The molecule has 0 bridgehead atoms. The lowest BCUT2D eigenvalue weighted by molar-refractivity contribution is -0.130. The molecule has 6 heteroatoms. The third-order valence-corrected chi connectivity index (χ3v) is 2.95. The minimum atomic E-state index is -0.679. The summed E-state index contributed by atoms with van der Waals surface area (Å²) in [5.41, 5.74) is 0. The van der Waals surface area contributed by atoms with Crippen LogP contribution < -0.4 is 16.0 Å². The number of rotatable bonds is 2. The zero-order chi connectivity index (χ0) is 11.5. The molecule has 2 unspecified atom stereocenters. The third-order valence-electron chi connectivity index (χ3n) is 2.95. The first kappa shape index (κ1) is 11.1. The summed E-state index contributed by atoms with van der Waals surface area (Å²) in [4.78, 5) is 33.9. The van der Waals surface area contributed by atoms with Crippen molar-refractivity contribution in [3.63, 3.8) is 0 Å². The van der Waals surface area contributed by atoms with E-state index in [1.807, 2.05) is 0 Å². The highest BCUT2D eigenvalue weighted by atomic mass is 16.2. The van der Waals surface area contributed by atoms with Crippen molar-refractivity contribution in [2.75, 3.05) is 13.1 Å². The first-order valence-corrected chi connectivity index (χ1v) is 5.51. The maximum absolute atomic E-state index is 11.8. The standard InChI is InChI=1S/C10H15N3O3/c14-8-4-7(10(16)13-8)12-9(15)6-2-1-3-11-5-6/h6-7,11H,1-5H2,(H,12,15)(H,13,14,16). The Morgan fingerprint density at radius 2 is 2.19 bits per heavy atom. The average Bonchev–Trinajstić information content (AvgIpc) is 2.59. The van der Waals surface area contributed by atoms with Gasteiger partial charge in [0.25, 0.3) is 0 Å². The Hall–Kier alpha value is -1.43. The van der Waals surface area contributed by atoms with Crippen molar-refractivity contribution in [2.45, 2.75) is 25.3 Å². The molecule has 6 nitrogen and oxygen atoms in total. The fraction of sp³-hybridized carbons (Fsp3) is 0.700. The number of imide groups is 1. The lowest BCUT2D eigenvalue weighted by Gasteiger charge is -2.22. The Bertz CT molecular complexity index is 323. The molecule has 3 amide bonds. The van der Waals surface area contributed by atoms with Gasteiger partial charge in [-0.05, 0) is 19.4 Å². The van der Waals surface area contributed by atoms with Crippen LogP contribution in [0.1, 0.15) is 19.3 Å². The molecular formula is C10H15N3O3. The van der Waals surface area contributed by atoms with Gasteiger partial charge in [0.05, 0.1) is 12.3 Å². The number of piperidine rings is 1. The summed E-state index contributed by atoms with van der Waals surface area (Å²) in [6.45, 7) is 1.58. The summed E-state index contributed by atoms with van der Waals surface area (Å²) in [6.07, 6.45) is 1.86. The number of amides is 3. The van der Waals surface area contributed by atoms with Crippen molar-refractivity contribution < 1.29 is 14.4 Å². The fourth-order valence-corrected chi connectivity index (χ4v) is 2.04. The van der Waals surface area contributed by atoms with E-state index in [9.17, 15) is 14.4 Å². The number of hydrogen-bond acceptors (Lipinski definition) is 4. The summed E-state index contributed by atoms with van der Waals surface area (Å²) >= 11 is 0. The van der Waals surface area contributed by atoms with Gasteiger partial charge < -0.3 is 10.6 Å². The van der Waals surface area contributed by atoms with E-state index >= 15 is 0 Å². The molecule has 3 N–H and O–H groups in total. The smallest absolute Gasteiger partial charge is 0.249 e. The van der Waals surface area contributed by atoms with E-state index < -0.39 is 11.9 Å². The zero-order valence-corrected chi connectivity index (χ0v) is 8.91. The van der Waals surface area contributed by atoms with Crippen LogP contribution in [0.25, 0.3) is 0 Å². The van der Waals surface area contributed by atoms with Crippen LogP contribution in [0.3, 0.4) is 0 Å². The molecule has 0 aromatic heterocycles. The van der Waals surface area contributed by atoms with Crippen molar-refractivity contribution in [3.8, 4) is 0 Å². The summed E-state index contributed by atoms with van der Waals surface area (Å²) in [5.74, 6) is -0.946. The van der Waals surface area contributed by atoms with Gasteiger partial charge in [0.2, 0.25) is 17.7 Å². The molecular weight excluding hydrogens is 210 g/mol. The van der Waals surface area contributed by atoms with E-state index in [1.54, 1.807) is 0 Å². The van der Waals surface area contributed by atoms with Gasteiger partial charge >= 0.3 is 0 Å². The van der Waals surface area contributed by atoms with E-state index in [4.69, 9.17) is 0 Å². The first-order chi connectivity index (χ1) is 7.66. The summed E-state index contributed by atoms with van der Waals surface area (Å²) < 4.78 is 0. The summed E-state index contributed by atoms with van der Waals surface area (Å²) in [5, 5.41) is 7.92. The molecule has 2 fully saturated rings. The fourth-order valence-electron chi connectivity index (χ4n) is 2.04. The Labute approximate surface area is 93.1 Å². The molecule has 2 aliphatic rings. The molecule has 0 radical (unpaired) electrons. The van der Waals surface area contributed by atoms with Crippen LogP contribution in [0, 0.1) is 5.92 Å². The van der Waals surface area contributed by atoms with Crippen molar-refractivity contribution in [1.29, 1.82) is 0 Å². The van der Waals surface area contributed by atoms with Gasteiger partial charge in [-0.15, -0.1) is 0 Å². The Kier molecular flexibility index (Phi) is 3.19. The van der Waals surface area contributed by atoms with E-state index in [1.165, 1.54) is 0 Å². The molecule has 2 rings (SSSR count). The first-order valence-electron chi connectivity index (χ1n) is 5.51. The lowest BCUT2D eigenvalue weighted by atomic mass is 9.98. The second-order valence-corrected chi connectivity index (χ2v) is 4.22. The van der Waals surface area contributed by atoms with Gasteiger partial charge in [-0.1, -0.05) is 0 Å². The van der Waals surface area contributed by atoms with Crippen LogP contribution in [0.2, 0.25) is 0 Å². The van der Waals surface area contributed by atoms with Gasteiger partial charge in [-0.2, -0.15) is 0 Å². The van der Waals surface area contributed by atoms with Gasteiger partial charge in [-0.3, -0.25) is 19.7 Å². The highest BCUT2D eigenvalue weighted by molar-refractivity contribution is 6.06. The summed E-state index contributed by atoms with van der Waals surface area (Å²) in [7, 11) is 0. The Balaban J connectivity index is 1.86. The molecule has 0 aromatic carbocycles. The predicted molar refractivity (Wildman–Crippen MR) is 55.3 cm³/mol. The molecule has 0 aromatic rings. The van der Waals surface area contributed by atoms with Crippen LogP contribution in [0.15, 0.2) is 0 Å². The minimum absolute atomic E-state index is 0.0602. The van der Waals surface area contributed by atoms with Crippen LogP contribution in [0.4, 0.5) is 0 Å². The second kappa shape index (κ2) is 4.61. The van der Waals surface area contributed by atoms with Crippen LogP contribution in [-0.4, -0.2) is 36.9 Å². The maximum atomic E-state index is 11.8. The predicted octanol–water partition coefficient (Wildman–Crippen LogP) is -1.48. The second-order valence-electron chi connectivity index (χ2n) is 4.22. The topological polar surface area (TPSA) is 87.3 Å². The summed E-state index contributed by atoms with van der Waals surface area (Å²) in [6, 6.07) is -0.679. The van der Waals surface area contributed by atoms with Crippen molar-refractivity contribution in [3.05, 3.63) is 0 Å². The number of hydrogen-bond donors (Lipinski definition) is 3. The zero-order valence-electron chi connectivity index (χ0n) is 8.91. The molecule has 2 aliphatic heterocycles. The van der Waals surface area contributed by atoms with Gasteiger partial charge in [-0.25, -0.2) is 0 Å². The maximum Gasteiger partial charge on any atom is 0.249 e. The monoisotopic (exact) mass is 225 g/mol. The molecule has 0 spiro atoms. The molecule has 2 atom stereocenters. The Morgan fingerprint density at radius 3 is 2.75 bits per heavy atom. The Morgan fingerprint density at radius 1 is 1.38 bits per heavy atom. The van der Waals surface area contributed by atoms with E-state index in [0.717, 1.165) is 19.4 Å². The van der Waals surface area contributed by atoms with Gasteiger partial charge in [0.15, 0.2) is 0 Å². The normalized spacial score (nSPS) is 30.0. The number of nitrogens with one attached hydrogen (secondary N) is 3. The van der Waals surface area contributed by atoms with Crippen LogP contribution >= 0.6 is 0 Å². The van der Waals surface area contributed by atoms with Crippen LogP contribution in [0.5, 0.6) is 0 Å². The molecule has 0 saturated carbocycles. The molecule has 0 aliphatic carbocycles. The lowest BCUT2D eigenvalue weighted by Crippen LogP contribution is -2.46. The quantitative estimate of drug-likeness (QED) is 0.500. The molecule has 16 heavy (non-hydrogen) atoms. The number of carbonyl (C=O) groups excluding carboxylic acids is 3. The van der Waals surface area contributed by atoms with E-state index in [-0.39, 0.29) is 24.2 Å². The molecule has 2 heterocycles. The SMILES string of the molecule is O=C1CC(NC(=O)C2CCCNC2)C(=O)N1. The molecule has 2 saturated heterocycles. The van der Waals surface area contributed by atoms with E-state index in [0.29, 0.717) is 6.54 Å². The highest BCUT2D eigenvalue weighted by Crippen LogP contribution is 2.11. The minimum Gasteiger partial charge on any atom is -0.343 e. The van der Waals surface area contributed by atoms with Crippen molar-refractivity contribution in [2.24, 2.45) is 5.92 Å². The third kappa shape index (κ3) is 2.38. The van der Waals surface area contributed by atoms with E-state index in [2.05, 4.69) is 16.0 Å². The van der Waals surface area contributed by atoms with Gasteiger partial charge in [0.1, 0.15) is 6.04 Å². The van der Waals surface area contributed by atoms with Crippen molar-refractivity contribution >= 4 is 17.7 Å². The number of carbonyl (C=O) groups is 3. The van der Waals surface area contributed by atoms with Gasteiger partial charge in [0, 0.05) is 6.54 Å². The average molecular weight is 225 g/mol. The largest absolute Gasteiger partial charge is 0.343 e. The highest BCUT2D eigenvalue weighted by Gasteiger charge is 2.33. The molecule has 88 valence electrons. The van der Waals surface area contributed by atoms with Crippen LogP contribution in [-0.2, 0) is 14.4 Å².